The minimum Gasteiger partial charge on any atom is -0.497 e. The van der Waals surface area contributed by atoms with Crippen LogP contribution in [-0.4, -0.2) is 49.6 Å². The first-order chi connectivity index (χ1) is 16.9. The van der Waals surface area contributed by atoms with E-state index in [1.165, 1.54) is 0 Å². The van der Waals surface area contributed by atoms with Crippen molar-refractivity contribution in [2.45, 2.75) is 12.5 Å². The van der Waals surface area contributed by atoms with Crippen molar-refractivity contribution in [3.8, 4) is 22.6 Å². The highest BCUT2D eigenvalue weighted by molar-refractivity contribution is 6.09. The second kappa shape index (κ2) is 10.3. The predicted molar refractivity (Wildman–Crippen MR) is 131 cm³/mol. The first kappa shape index (κ1) is 23.8. The summed E-state index contributed by atoms with van der Waals surface area (Å²) >= 11 is 0. The number of hydrogen-bond donors (Lipinski definition) is 2. The summed E-state index contributed by atoms with van der Waals surface area (Å²) in [4.78, 5) is 38.9. The van der Waals surface area contributed by atoms with E-state index in [0.717, 1.165) is 16.0 Å². The fourth-order valence-electron chi connectivity index (χ4n) is 3.96. The monoisotopic (exact) mass is 473 g/mol. The molecule has 3 aromatic carbocycles. The highest BCUT2D eigenvalue weighted by Gasteiger charge is 2.49. The van der Waals surface area contributed by atoms with E-state index in [0.29, 0.717) is 17.1 Å². The van der Waals surface area contributed by atoms with Crippen LogP contribution in [0.5, 0.6) is 11.5 Å². The van der Waals surface area contributed by atoms with Crippen molar-refractivity contribution in [1.29, 1.82) is 0 Å². The van der Waals surface area contributed by atoms with Crippen molar-refractivity contribution in [1.82, 2.24) is 15.5 Å². The molecule has 0 saturated carbocycles. The molecule has 8 heteroatoms. The number of hydrogen-bond acceptors (Lipinski definition) is 5. The van der Waals surface area contributed by atoms with Crippen LogP contribution < -0.4 is 20.1 Å². The normalized spacial score (nSPS) is 17.1. The van der Waals surface area contributed by atoms with Crippen molar-refractivity contribution in [2.75, 3.05) is 26.8 Å². The highest BCUT2D eigenvalue weighted by Crippen LogP contribution is 2.30. The lowest BCUT2D eigenvalue weighted by atomic mass is 9.92. The van der Waals surface area contributed by atoms with E-state index in [9.17, 15) is 14.4 Å². The zero-order chi connectivity index (χ0) is 24.8. The molecule has 1 fully saturated rings. The molecule has 0 aliphatic carbocycles. The van der Waals surface area contributed by atoms with Crippen LogP contribution in [0.15, 0.2) is 78.9 Å². The molecule has 3 aromatic rings. The van der Waals surface area contributed by atoms with Crippen LogP contribution in [0.2, 0.25) is 0 Å². The average Bonchev–Trinajstić information content (AvgIpc) is 3.11. The minimum atomic E-state index is -1.26. The van der Waals surface area contributed by atoms with Gasteiger partial charge in [0.1, 0.15) is 30.2 Å². The molecule has 0 spiro atoms. The van der Waals surface area contributed by atoms with Crippen molar-refractivity contribution in [3.63, 3.8) is 0 Å². The maximum absolute atomic E-state index is 13.0. The number of benzene rings is 3. The van der Waals surface area contributed by atoms with Gasteiger partial charge in [0.25, 0.3) is 5.91 Å². The highest BCUT2D eigenvalue weighted by atomic mass is 16.5. The van der Waals surface area contributed by atoms with E-state index in [4.69, 9.17) is 9.47 Å². The molecule has 1 saturated heterocycles. The Morgan fingerprint density at radius 2 is 1.66 bits per heavy atom. The first-order valence-electron chi connectivity index (χ1n) is 11.2. The Bertz CT molecular complexity index is 1210. The lowest BCUT2D eigenvalue weighted by Crippen LogP contribution is -2.43. The molecule has 1 aliphatic rings. The molecule has 1 heterocycles. The number of ether oxygens (including phenoxy) is 2. The molecule has 4 amide bonds. The lowest BCUT2D eigenvalue weighted by Gasteiger charge is -2.22. The maximum atomic E-state index is 13.0. The number of methoxy groups -OCH3 is 1. The Hall–Kier alpha value is -4.33. The number of carbonyl (C=O) groups is 3. The largest absolute Gasteiger partial charge is 0.497 e. The van der Waals surface area contributed by atoms with Gasteiger partial charge in [-0.2, -0.15) is 0 Å². The quantitative estimate of drug-likeness (QED) is 0.367. The summed E-state index contributed by atoms with van der Waals surface area (Å²) in [6.07, 6.45) is 0. The summed E-state index contributed by atoms with van der Waals surface area (Å²) in [5.41, 5.74) is 1.33. The molecular formula is C27H27N3O5. The van der Waals surface area contributed by atoms with Crippen molar-refractivity contribution in [3.05, 3.63) is 84.4 Å². The summed E-state index contributed by atoms with van der Waals surface area (Å²) < 4.78 is 11.0. The van der Waals surface area contributed by atoms with Gasteiger partial charge in [-0.05, 0) is 36.2 Å². The summed E-state index contributed by atoms with van der Waals surface area (Å²) in [7, 11) is 1.55. The van der Waals surface area contributed by atoms with E-state index in [1.54, 1.807) is 38.3 Å². The van der Waals surface area contributed by atoms with Gasteiger partial charge in [-0.15, -0.1) is 0 Å². The lowest BCUT2D eigenvalue weighted by molar-refractivity contribution is -0.134. The number of nitrogens with one attached hydrogen (secondary N) is 2. The summed E-state index contributed by atoms with van der Waals surface area (Å²) in [5.74, 6) is 0.402. The van der Waals surface area contributed by atoms with Crippen molar-refractivity contribution in [2.24, 2.45) is 0 Å². The molecule has 2 N–H and O–H groups in total. The third-order valence-corrected chi connectivity index (χ3v) is 5.90. The second-order valence-electron chi connectivity index (χ2n) is 8.24. The topological polar surface area (TPSA) is 97.0 Å². The summed E-state index contributed by atoms with van der Waals surface area (Å²) in [5, 5.41) is 5.40. The van der Waals surface area contributed by atoms with Gasteiger partial charge in [0.05, 0.1) is 13.7 Å². The average molecular weight is 474 g/mol. The van der Waals surface area contributed by atoms with Gasteiger partial charge in [-0.1, -0.05) is 60.7 Å². The molecule has 1 unspecified atom stereocenters. The van der Waals surface area contributed by atoms with Crippen LogP contribution in [0.25, 0.3) is 11.1 Å². The molecule has 1 atom stereocenters. The van der Waals surface area contributed by atoms with Gasteiger partial charge in [0.15, 0.2) is 0 Å². The Kier molecular flexibility index (Phi) is 7.01. The number of amides is 4. The molecule has 1 aliphatic heterocycles. The molecule has 8 nitrogen and oxygen atoms in total. The van der Waals surface area contributed by atoms with Gasteiger partial charge in [-0.3, -0.25) is 14.5 Å². The molecule has 4 rings (SSSR count). The van der Waals surface area contributed by atoms with E-state index in [2.05, 4.69) is 10.6 Å². The van der Waals surface area contributed by atoms with Gasteiger partial charge < -0.3 is 20.1 Å². The Balaban J connectivity index is 1.31. The van der Waals surface area contributed by atoms with Gasteiger partial charge in [0.2, 0.25) is 5.91 Å². The summed E-state index contributed by atoms with van der Waals surface area (Å²) in [6, 6.07) is 23.8. The van der Waals surface area contributed by atoms with Crippen LogP contribution in [0, 0.1) is 0 Å². The molecule has 0 bridgehead atoms. The Morgan fingerprint density at radius 3 is 2.37 bits per heavy atom. The third-order valence-electron chi connectivity index (χ3n) is 5.90. The second-order valence-corrected chi connectivity index (χ2v) is 8.24. The number of nitrogens with zero attached hydrogens (tertiary/aromatic N) is 1. The Labute approximate surface area is 203 Å². The molecule has 0 aromatic heterocycles. The van der Waals surface area contributed by atoms with Crippen molar-refractivity contribution < 1.29 is 23.9 Å². The first-order valence-corrected chi connectivity index (χ1v) is 11.2. The fourth-order valence-corrected chi connectivity index (χ4v) is 3.96. The van der Waals surface area contributed by atoms with Crippen LogP contribution in [0.3, 0.4) is 0 Å². The van der Waals surface area contributed by atoms with E-state index in [1.807, 2.05) is 54.6 Å². The number of rotatable bonds is 9. The van der Waals surface area contributed by atoms with Crippen LogP contribution in [0.1, 0.15) is 12.5 Å². The van der Waals surface area contributed by atoms with Gasteiger partial charge in [0, 0.05) is 5.56 Å². The zero-order valence-corrected chi connectivity index (χ0v) is 19.6. The fraction of sp³-hybridized carbons (Fsp3) is 0.222. The Morgan fingerprint density at radius 1 is 0.971 bits per heavy atom. The zero-order valence-electron chi connectivity index (χ0n) is 19.6. The smallest absolute Gasteiger partial charge is 0.325 e. The van der Waals surface area contributed by atoms with Gasteiger partial charge in [-0.25, -0.2) is 4.79 Å². The summed E-state index contributed by atoms with van der Waals surface area (Å²) in [6.45, 7) is 1.70. The van der Waals surface area contributed by atoms with Crippen LogP contribution in [0.4, 0.5) is 4.79 Å². The number of imide groups is 1. The molecule has 0 radical (unpaired) electrons. The minimum absolute atomic E-state index is 0.224. The van der Waals surface area contributed by atoms with E-state index < -0.39 is 23.4 Å². The van der Waals surface area contributed by atoms with Gasteiger partial charge >= 0.3 is 6.03 Å². The third kappa shape index (κ3) is 5.11. The number of carbonyl (C=O) groups excluding carboxylic acids is 3. The maximum Gasteiger partial charge on any atom is 0.325 e. The molecule has 35 heavy (non-hydrogen) atoms. The van der Waals surface area contributed by atoms with Crippen LogP contribution in [-0.2, 0) is 15.1 Å². The van der Waals surface area contributed by atoms with Crippen LogP contribution >= 0.6 is 0 Å². The standard InChI is InChI=1S/C27H27N3O5/c1-27(20-12-14-21(34-2)15-13-20)25(32)30(26(33)29-27)18-24(31)28-16-17-35-23-11-7-6-10-22(23)19-8-4-3-5-9-19/h3-15H,16-18H2,1-2H3,(H,28,31)(H,29,33). The van der Waals surface area contributed by atoms with E-state index >= 15 is 0 Å². The molecular weight excluding hydrogens is 446 g/mol. The molecule has 180 valence electrons. The SMILES string of the molecule is COc1ccc(C2(C)NC(=O)N(CC(=O)NCCOc3ccccc3-c3ccccc3)C2=O)cc1. The van der Waals surface area contributed by atoms with E-state index in [-0.39, 0.29) is 19.7 Å². The van der Waals surface area contributed by atoms with Crippen molar-refractivity contribution >= 4 is 17.8 Å². The predicted octanol–water partition coefficient (Wildman–Crippen LogP) is 3.32. The number of para-hydroxylation sites is 1. The number of urea groups is 1.